The van der Waals surface area contributed by atoms with E-state index in [1.165, 1.54) is 6.20 Å². The summed E-state index contributed by atoms with van der Waals surface area (Å²) in [5.74, 6) is 0. The van der Waals surface area contributed by atoms with Crippen LogP contribution in [0.25, 0.3) is 5.57 Å². The molecule has 13 heavy (non-hydrogen) atoms. The normalized spacial score (nSPS) is 12.3. The van der Waals surface area contributed by atoms with E-state index in [-0.39, 0.29) is 0 Å². The first-order valence-electron chi connectivity index (χ1n) is 3.94. The molecule has 0 atom stereocenters. The van der Waals surface area contributed by atoms with Crippen LogP contribution < -0.4 is 5.73 Å². The topological polar surface area (TPSA) is 38.9 Å². The highest BCUT2D eigenvalue weighted by Crippen LogP contribution is 2.16. The van der Waals surface area contributed by atoms with Gasteiger partial charge in [0.05, 0.1) is 0 Å². The summed E-state index contributed by atoms with van der Waals surface area (Å²) in [7, 11) is 0. The van der Waals surface area contributed by atoms with Crippen LogP contribution in [0, 0.1) is 0 Å². The summed E-state index contributed by atoms with van der Waals surface area (Å²) >= 11 is 3.28. The van der Waals surface area contributed by atoms with Gasteiger partial charge < -0.3 is 5.73 Å². The molecule has 0 fully saturated rings. The van der Waals surface area contributed by atoms with Gasteiger partial charge in [0.15, 0.2) is 0 Å². The van der Waals surface area contributed by atoms with E-state index < -0.39 is 0 Å². The average Bonchev–Trinajstić information content (AvgIpc) is 2.16. The van der Waals surface area contributed by atoms with E-state index in [1.54, 1.807) is 6.20 Å². The lowest BCUT2D eigenvalue weighted by Gasteiger charge is -2.00. The van der Waals surface area contributed by atoms with Gasteiger partial charge in [0.25, 0.3) is 0 Å². The molecular weight excluding hydrogens is 228 g/mol. The Morgan fingerprint density at radius 3 is 2.77 bits per heavy atom. The summed E-state index contributed by atoms with van der Waals surface area (Å²) in [5, 5.41) is 0. The van der Waals surface area contributed by atoms with Crippen LogP contribution in [0.5, 0.6) is 0 Å². The molecule has 0 bridgehead atoms. The van der Waals surface area contributed by atoms with Crippen molar-refractivity contribution in [3.05, 3.63) is 46.8 Å². The first-order chi connectivity index (χ1) is 6.27. The van der Waals surface area contributed by atoms with E-state index in [9.17, 15) is 0 Å². The van der Waals surface area contributed by atoms with E-state index >= 15 is 0 Å². The Labute approximate surface area is 86.3 Å². The van der Waals surface area contributed by atoms with Gasteiger partial charge in [-0.25, -0.2) is 4.98 Å². The number of halogens is 1. The molecule has 0 aliphatic carbocycles. The van der Waals surface area contributed by atoms with Gasteiger partial charge in [0.2, 0.25) is 0 Å². The number of pyridine rings is 1. The molecule has 0 radical (unpaired) electrons. The molecule has 0 saturated heterocycles. The third-order valence-corrected chi connectivity index (χ3v) is 2.12. The maximum Gasteiger partial charge on any atom is 0.106 e. The summed E-state index contributed by atoms with van der Waals surface area (Å²) in [5.41, 5.74) is 7.46. The van der Waals surface area contributed by atoms with Crippen LogP contribution in [0.3, 0.4) is 0 Å². The molecule has 0 saturated carbocycles. The molecular formula is C10H11BrN2. The van der Waals surface area contributed by atoms with Gasteiger partial charge >= 0.3 is 0 Å². The minimum Gasteiger partial charge on any atom is -0.405 e. The standard InChI is InChI=1S/C10H11BrN2/c1-2-8(5-6-12)9-3-4-10(11)13-7-9/h2-7H,12H2,1H3/b6-5-,8-2+. The maximum absolute atomic E-state index is 5.32. The lowest BCUT2D eigenvalue weighted by molar-refractivity contribution is 1.26. The Bertz CT molecular complexity index is 325. The van der Waals surface area contributed by atoms with Crippen molar-refractivity contribution >= 4 is 21.5 Å². The van der Waals surface area contributed by atoms with Gasteiger partial charge in [-0.15, -0.1) is 0 Å². The minimum absolute atomic E-state index is 0.837. The van der Waals surface area contributed by atoms with Gasteiger partial charge in [0.1, 0.15) is 4.60 Å². The second-order valence-electron chi connectivity index (χ2n) is 2.47. The third kappa shape index (κ3) is 2.70. The lowest BCUT2D eigenvalue weighted by atomic mass is 10.1. The summed E-state index contributed by atoms with van der Waals surface area (Å²) < 4.78 is 0.837. The smallest absolute Gasteiger partial charge is 0.106 e. The van der Waals surface area contributed by atoms with E-state index in [4.69, 9.17) is 5.73 Å². The van der Waals surface area contributed by atoms with Crippen LogP contribution in [-0.4, -0.2) is 4.98 Å². The zero-order chi connectivity index (χ0) is 9.68. The summed E-state index contributed by atoms with van der Waals surface area (Å²) in [6, 6.07) is 3.90. The molecule has 0 unspecified atom stereocenters. The molecule has 2 nitrogen and oxygen atoms in total. The van der Waals surface area contributed by atoms with E-state index in [1.807, 2.05) is 31.2 Å². The van der Waals surface area contributed by atoms with Gasteiger partial charge in [-0.3, -0.25) is 0 Å². The number of hydrogen-bond donors (Lipinski definition) is 1. The van der Waals surface area contributed by atoms with Crippen LogP contribution in [0.4, 0.5) is 0 Å². The van der Waals surface area contributed by atoms with Crippen LogP contribution in [0.2, 0.25) is 0 Å². The fourth-order valence-corrected chi connectivity index (χ4v) is 1.24. The fraction of sp³-hybridized carbons (Fsp3) is 0.100. The molecule has 0 amide bonds. The summed E-state index contributed by atoms with van der Waals surface area (Å²) in [6.07, 6.45) is 7.18. The molecule has 1 heterocycles. The first-order valence-corrected chi connectivity index (χ1v) is 4.73. The molecule has 1 aromatic rings. The number of hydrogen-bond acceptors (Lipinski definition) is 2. The molecule has 0 aliphatic rings. The van der Waals surface area contributed by atoms with Crippen LogP contribution in [-0.2, 0) is 0 Å². The van der Waals surface area contributed by atoms with E-state index in [0.717, 1.165) is 15.7 Å². The Balaban J connectivity index is 3.00. The molecule has 68 valence electrons. The van der Waals surface area contributed by atoms with Crippen LogP contribution in [0.1, 0.15) is 12.5 Å². The van der Waals surface area contributed by atoms with Gasteiger partial charge in [-0.1, -0.05) is 12.1 Å². The average molecular weight is 239 g/mol. The highest BCUT2D eigenvalue weighted by molar-refractivity contribution is 9.10. The summed E-state index contributed by atoms with van der Waals surface area (Å²) in [6.45, 7) is 1.97. The van der Waals surface area contributed by atoms with Crippen molar-refractivity contribution in [2.75, 3.05) is 0 Å². The second kappa shape index (κ2) is 4.82. The lowest BCUT2D eigenvalue weighted by Crippen LogP contribution is -1.85. The first kappa shape index (κ1) is 9.99. The quantitative estimate of drug-likeness (QED) is 0.636. The maximum atomic E-state index is 5.32. The molecule has 0 aromatic carbocycles. The Kier molecular flexibility index (Phi) is 3.71. The van der Waals surface area contributed by atoms with Gasteiger partial charge in [-0.2, -0.15) is 0 Å². The monoisotopic (exact) mass is 238 g/mol. The highest BCUT2D eigenvalue weighted by atomic mass is 79.9. The largest absolute Gasteiger partial charge is 0.405 e. The Hall–Kier alpha value is -1.09. The third-order valence-electron chi connectivity index (χ3n) is 1.65. The van der Waals surface area contributed by atoms with Crippen molar-refractivity contribution in [2.24, 2.45) is 5.73 Å². The number of aromatic nitrogens is 1. The van der Waals surface area contributed by atoms with Gasteiger partial charge in [-0.05, 0) is 52.3 Å². The summed E-state index contributed by atoms with van der Waals surface area (Å²) in [4.78, 5) is 4.13. The van der Waals surface area contributed by atoms with E-state index in [0.29, 0.717) is 0 Å². The minimum atomic E-state index is 0.837. The van der Waals surface area contributed by atoms with Crippen molar-refractivity contribution in [1.82, 2.24) is 4.98 Å². The van der Waals surface area contributed by atoms with Crippen molar-refractivity contribution in [3.8, 4) is 0 Å². The van der Waals surface area contributed by atoms with Gasteiger partial charge in [0, 0.05) is 6.20 Å². The van der Waals surface area contributed by atoms with E-state index in [2.05, 4.69) is 20.9 Å². The Morgan fingerprint density at radius 2 is 2.31 bits per heavy atom. The SMILES string of the molecule is C/C=C(\C=C/N)c1ccc(Br)nc1. The predicted octanol–water partition coefficient (Wildman–Crippen LogP) is 2.72. The molecule has 1 aromatic heterocycles. The molecule has 1 rings (SSSR count). The molecule has 3 heteroatoms. The fourth-order valence-electron chi connectivity index (χ4n) is 1.01. The van der Waals surface area contributed by atoms with Crippen molar-refractivity contribution in [3.63, 3.8) is 0 Å². The molecule has 0 aliphatic heterocycles. The number of nitrogens with two attached hydrogens (primary N) is 1. The van der Waals surface area contributed by atoms with Crippen molar-refractivity contribution in [2.45, 2.75) is 6.92 Å². The number of rotatable bonds is 2. The molecule has 2 N–H and O–H groups in total. The number of nitrogens with zero attached hydrogens (tertiary/aromatic N) is 1. The highest BCUT2D eigenvalue weighted by Gasteiger charge is 1.96. The van der Waals surface area contributed by atoms with Crippen LogP contribution >= 0.6 is 15.9 Å². The molecule has 0 spiro atoms. The predicted molar refractivity (Wildman–Crippen MR) is 58.9 cm³/mol. The van der Waals surface area contributed by atoms with Crippen LogP contribution in [0.15, 0.2) is 41.3 Å². The number of allylic oxidation sites excluding steroid dienone is 3. The van der Waals surface area contributed by atoms with Crippen molar-refractivity contribution in [1.29, 1.82) is 0 Å². The zero-order valence-corrected chi connectivity index (χ0v) is 8.95. The Morgan fingerprint density at radius 1 is 1.54 bits per heavy atom. The zero-order valence-electron chi connectivity index (χ0n) is 7.37. The second-order valence-corrected chi connectivity index (χ2v) is 3.29. The van der Waals surface area contributed by atoms with Crippen molar-refractivity contribution < 1.29 is 0 Å².